The smallest absolute Gasteiger partial charge is 0.295 e. The molecule has 24 heavy (non-hydrogen) atoms. The Hall–Kier alpha value is -2.61. The molecule has 1 N–H and O–H groups in total. The summed E-state index contributed by atoms with van der Waals surface area (Å²) in [5.74, 6) is -2.67. The van der Waals surface area contributed by atoms with Crippen LogP contribution >= 0.6 is 0 Å². The molecule has 1 aliphatic heterocycles. The van der Waals surface area contributed by atoms with Crippen molar-refractivity contribution in [2.75, 3.05) is 11.9 Å². The summed E-state index contributed by atoms with van der Waals surface area (Å²) in [6.07, 6.45) is -0.0807. The van der Waals surface area contributed by atoms with Gasteiger partial charge in [0.25, 0.3) is 5.69 Å². The maximum absolute atomic E-state index is 13.4. The van der Waals surface area contributed by atoms with E-state index in [0.29, 0.717) is 18.6 Å². The third-order valence-corrected chi connectivity index (χ3v) is 3.86. The Labute approximate surface area is 135 Å². The molecule has 0 saturated carbocycles. The molecule has 0 spiro atoms. The van der Waals surface area contributed by atoms with Gasteiger partial charge in [-0.05, 0) is 36.2 Å². The first-order valence-corrected chi connectivity index (χ1v) is 7.23. The third kappa shape index (κ3) is 3.18. The van der Waals surface area contributed by atoms with Crippen LogP contribution in [-0.2, 0) is 4.74 Å². The molecule has 8 heteroatoms. The van der Waals surface area contributed by atoms with Gasteiger partial charge in [0.2, 0.25) is 0 Å². The standard InChI is InChI=1S/C16H13F3N2O3/c17-10-2-4-13(15(8-10)21(22)23)20-14-5-6-24-16(14)9-1-3-11(18)12(19)7-9/h1-4,7-8,14,16,20H,5-6H2. The molecule has 1 fully saturated rings. The van der Waals surface area contributed by atoms with E-state index >= 15 is 0 Å². The van der Waals surface area contributed by atoms with E-state index in [9.17, 15) is 23.3 Å². The molecule has 3 rings (SSSR count). The predicted molar refractivity (Wildman–Crippen MR) is 80.1 cm³/mol. The number of nitrogens with one attached hydrogen (secondary N) is 1. The zero-order chi connectivity index (χ0) is 17.3. The van der Waals surface area contributed by atoms with Gasteiger partial charge in [0.15, 0.2) is 11.6 Å². The van der Waals surface area contributed by atoms with Crippen molar-refractivity contribution in [2.45, 2.75) is 18.6 Å². The van der Waals surface area contributed by atoms with Crippen molar-refractivity contribution in [3.8, 4) is 0 Å². The number of rotatable bonds is 4. The van der Waals surface area contributed by atoms with Gasteiger partial charge in [0.1, 0.15) is 17.6 Å². The van der Waals surface area contributed by atoms with Crippen LogP contribution in [0.15, 0.2) is 36.4 Å². The quantitative estimate of drug-likeness (QED) is 0.677. The SMILES string of the molecule is O=[N+]([O-])c1cc(F)ccc1NC1CCOC1c1ccc(F)c(F)c1. The summed E-state index contributed by atoms with van der Waals surface area (Å²) in [7, 11) is 0. The van der Waals surface area contributed by atoms with Crippen LogP contribution in [0.4, 0.5) is 24.5 Å². The zero-order valence-electron chi connectivity index (χ0n) is 12.3. The number of nitrogens with zero attached hydrogens (tertiary/aromatic N) is 1. The lowest BCUT2D eigenvalue weighted by atomic mass is 10.0. The first-order chi connectivity index (χ1) is 11.5. The van der Waals surface area contributed by atoms with Crippen LogP contribution in [0.3, 0.4) is 0 Å². The number of nitro benzene ring substituents is 1. The van der Waals surface area contributed by atoms with E-state index in [4.69, 9.17) is 4.74 Å². The van der Waals surface area contributed by atoms with Crippen molar-refractivity contribution in [3.05, 3.63) is 69.5 Å². The van der Waals surface area contributed by atoms with Crippen LogP contribution in [0.2, 0.25) is 0 Å². The highest BCUT2D eigenvalue weighted by atomic mass is 19.2. The second kappa shape index (κ2) is 6.48. The van der Waals surface area contributed by atoms with Crippen molar-refractivity contribution in [3.63, 3.8) is 0 Å². The fraction of sp³-hybridized carbons (Fsp3) is 0.250. The average molecular weight is 338 g/mol. The molecule has 2 aromatic carbocycles. The number of ether oxygens (including phenoxy) is 1. The van der Waals surface area contributed by atoms with E-state index in [1.807, 2.05) is 0 Å². The maximum Gasteiger partial charge on any atom is 0.295 e. The molecule has 2 unspecified atom stereocenters. The van der Waals surface area contributed by atoms with Crippen molar-refractivity contribution >= 4 is 11.4 Å². The molecule has 126 valence electrons. The van der Waals surface area contributed by atoms with E-state index < -0.39 is 34.2 Å². The van der Waals surface area contributed by atoms with Gasteiger partial charge >= 0.3 is 0 Å². The monoisotopic (exact) mass is 338 g/mol. The van der Waals surface area contributed by atoms with Gasteiger partial charge in [-0.1, -0.05) is 6.07 Å². The summed E-state index contributed by atoms with van der Waals surface area (Å²) in [6.45, 7) is 0.357. The fourth-order valence-electron chi connectivity index (χ4n) is 2.73. The molecule has 0 radical (unpaired) electrons. The predicted octanol–water partition coefficient (Wildman–Crippen LogP) is 3.95. The van der Waals surface area contributed by atoms with E-state index in [1.165, 1.54) is 12.1 Å². The Kier molecular flexibility index (Phi) is 4.39. The second-order valence-corrected chi connectivity index (χ2v) is 5.42. The number of hydrogen-bond acceptors (Lipinski definition) is 4. The molecule has 1 heterocycles. The molecule has 2 aromatic rings. The van der Waals surface area contributed by atoms with Gasteiger partial charge in [-0.15, -0.1) is 0 Å². The lowest BCUT2D eigenvalue weighted by molar-refractivity contribution is -0.384. The highest BCUT2D eigenvalue weighted by Crippen LogP contribution is 2.34. The Morgan fingerprint density at radius 3 is 2.62 bits per heavy atom. The number of nitro groups is 1. The highest BCUT2D eigenvalue weighted by Gasteiger charge is 2.31. The van der Waals surface area contributed by atoms with E-state index in [2.05, 4.69) is 5.32 Å². The summed E-state index contributed by atoms with van der Waals surface area (Å²) in [5, 5.41) is 14.0. The number of anilines is 1. The molecular formula is C16H13F3N2O3. The van der Waals surface area contributed by atoms with Gasteiger partial charge in [-0.25, -0.2) is 13.2 Å². The van der Waals surface area contributed by atoms with Crippen LogP contribution < -0.4 is 5.32 Å². The molecule has 1 aliphatic rings. The summed E-state index contributed by atoms with van der Waals surface area (Å²) < 4.78 is 45.2. The Bertz CT molecular complexity index is 785. The Morgan fingerprint density at radius 1 is 1.12 bits per heavy atom. The van der Waals surface area contributed by atoms with Crippen molar-refractivity contribution in [1.29, 1.82) is 0 Å². The molecule has 0 aromatic heterocycles. The topological polar surface area (TPSA) is 64.4 Å². The number of halogens is 3. The largest absolute Gasteiger partial charge is 0.374 e. The minimum Gasteiger partial charge on any atom is -0.374 e. The zero-order valence-corrected chi connectivity index (χ0v) is 12.3. The lowest BCUT2D eigenvalue weighted by Gasteiger charge is -2.21. The first-order valence-electron chi connectivity index (χ1n) is 7.23. The minimum absolute atomic E-state index is 0.143. The molecule has 0 amide bonds. The molecule has 0 bridgehead atoms. The van der Waals surface area contributed by atoms with Crippen LogP contribution in [0.25, 0.3) is 0 Å². The van der Waals surface area contributed by atoms with Crippen molar-refractivity contribution < 1.29 is 22.8 Å². The highest BCUT2D eigenvalue weighted by molar-refractivity contribution is 5.62. The first kappa shape index (κ1) is 16.3. The van der Waals surface area contributed by atoms with Gasteiger partial charge in [0.05, 0.1) is 17.0 Å². The summed E-state index contributed by atoms with van der Waals surface area (Å²) >= 11 is 0. The minimum atomic E-state index is -0.991. The lowest BCUT2D eigenvalue weighted by Crippen LogP contribution is -2.24. The molecule has 2 atom stereocenters. The Morgan fingerprint density at radius 2 is 1.92 bits per heavy atom. The summed E-state index contributed by atoms with van der Waals surface area (Å²) in [5.41, 5.74) is 0.170. The van der Waals surface area contributed by atoms with Crippen LogP contribution in [-0.4, -0.2) is 17.6 Å². The van der Waals surface area contributed by atoms with Gasteiger partial charge in [-0.3, -0.25) is 10.1 Å². The van der Waals surface area contributed by atoms with Crippen molar-refractivity contribution in [1.82, 2.24) is 0 Å². The van der Waals surface area contributed by atoms with E-state index in [1.54, 1.807) is 0 Å². The summed E-state index contributed by atoms with van der Waals surface area (Å²) in [4.78, 5) is 10.4. The number of hydrogen-bond donors (Lipinski definition) is 1. The van der Waals surface area contributed by atoms with Gasteiger partial charge in [0, 0.05) is 6.61 Å². The van der Waals surface area contributed by atoms with Gasteiger partial charge in [-0.2, -0.15) is 0 Å². The summed E-state index contributed by atoms with van der Waals surface area (Å²) in [6, 6.07) is 6.26. The normalized spacial score (nSPS) is 20.1. The average Bonchev–Trinajstić information content (AvgIpc) is 2.99. The molecule has 1 saturated heterocycles. The molecular weight excluding hydrogens is 325 g/mol. The van der Waals surface area contributed by atoms with E-state index in [0.717, 1.165) is 24.3 Å². The van der Waals surface area contributed by atoms with Crippen molar-refractivity contribution in [2.24, 2.45) is 0 Å². The number of benzene rings is 2. The van der Waals surface area contributed by atoms with Crippen LogP contribution in [0.5, 0.6) is 0 Å². The third-order valence-electron chi connectivity index (χ3n) is 3.86. The molecule has 5 nitrogen and oxygen atoms in total. The fourth-order valence-corrected chi connectivity index (χ4v) is 2.73. The van der Waals surface area contributed by atoms with E-state index in [-0.39, 0.29) is 11.7 Å². The van der Waals surface area contributed by atoms with Gasteiger partial charge < -0.3 is 10.1 Å². The van der Waals surface area contributed by atoms with Crippen LogP contribution in [0.1, 0.15) is 18.1 Å². The Balaban J connectivity index is 1.87. The second-order valence-electron chi connectivity index (χ2n) is 5.42. The molecule has 0 aliphatic carbocycles. The maximum atomic E-state index is 13.4. The van der Waals surface area contributed by atoms with Crippen LogP contribution in [0, 0.1) is 27.6 Å².